The molecule has 0 spiro atoms. The highest BCUT2D eigenvalue weighted by Crippen LogP contribution is 2.53. The molecule has 1 aromatic carbocycles. The van der Waals surface area contributed by atoms with Gasteiger partial charge < -0.3 is 9.80 Å². The van der Waals surface area contributed by atoms with Gasteiger partial charge in [-0.1, -0.05) is 37.1 Å². The van der Waals surface area contributed by atoms with Gasteiger partial charge in [-0.3, -0.25) is 9.78 Å². The third-order valence-electron chi connectivity index (χ3n) is 6.48. The smallest absolute Gasteiger partial charge is 0.226 e. The summed E-state index contributed by atoms with van der Waals surface area (Å²) in [5, 5.41) is 2.44. The Kier molecular flexibility index (Phi) is 3.65. The lowest BCUT2D eigenvalue weighted by atomic mass is 9.88. The zero-order valence-corrected chi connectivity index (χ0v) is 14.6. The van der Waals surface area contributed by atoms with E-state index in [1.165, 1.54) is 35.7 Å². The molecule has 2 saturated carbocycles. The van der Waals surface area contributed by atoms with E-state index in [1.54, 1.807) is 0 Å². The highest BCUT2D eigenvalue weighted by molar-refractivity contribution is 5.93. The molecular weight excluding hydrogens is 310 g/mol. The van der Waals surface area contributed by atoms with Gasteiger partial charge in [-0.25, -0.2) is 0 Å². The Morgan fingerprint density at radius 2 is 1.88 bits per heavy atom. The van der Waals surface area contributed by atoms with E-state index < -0.39 is 0 Å². The predicted molar refractivity (Wildman–Crippen MR) is 99.5 cm³/mol. The zero-order chi connectivity index (χ0) is 16.8. The number of carbonyl (C=O) groups excluding carboxylic acids is 1. The van der Waals surface area contributed by atoms with E-state index in [2.05, 4.69) is 39.0 Å². The Hall–Kier alpha value is -2.10. The number of fused-ring (bicyclic) bond motifs is 2. The first kappa shape index (κ1) is 15.2. The molecule has 0 radical (unpaired) electrons. The van der Waals surface area contributed by atoms with Gasteiger partial charge in [-0.15, -0.1) is 0 Å². The first-order chi connectivity index (χ1) is 12.3. The summed E-state index contributed by atoms with van der Waals surface area (Å²) in [6, 6.07) is 8.42. The number of amides is 1. The lowest BCUT2D eigenvalue weighted by Gasteiger charge is -2.38. The number of aromatic nitrogens is 1. The first-order valence-corrected chi connectivity index (χ1v) is 9.68. The molecule has 0 N–H and O–H groups in total. The molecule has 25 heavy (non-hydrogen) atoms. The van der Waals surface area contributed by atoms with Crippen LogP contribution in [0.3, 0.4) is 0 Å². The quantitative estimate of drug-likeness (QED) is 0.845. The van der Waals surface area contributed by atoms with E-state index >= 15 is 0 Å². The second-order valence-corrected chi connectivity index (χ2v) is 7.89. The highest BCUT2D eigenvalue weighted by atomic mass is 16.2. The largest absolute Gasteiger partial charge is 0.366 e. The summed E-state index contributed by atoms with van der Waals surface area (Å²) in [7, 11) is 0. The molecule has 0 bridgehead atoms. The minimum absolute atomic E-state index is 0.324. The van der Waals surface area contributed by atoms with Gasteiger partial charge in [0, 0.05) is 49.1 Å². The van der Waals surface area contributed by atoms with Crippen LogP contribution in [0.4, 0.5) is 5.69 Å². The van der Waals surface area contributed by atoms with E-state index in [4.69, 9.17) is 0 Å². The van der Waals surface area contributed by atoms with Crippen LogP contribution in [0.2, 0.25) is 0 Å². The molecule has 130 valence electrons. The van der Waals surface area contributed by atoms with Crippen molar-refractivity contribution in [3.8, 4) is 0 Å². The summed E-state index contributed by atoms with van der Waals surface area (Å²) < 4.78 is 0. The van der Waals surface area contributed by atoms with Crippen LogP contribution < -0.4 is 4.90 Å². The van der Waals surface area contributed by atoms with E-state index in [0.29, 0.717) is 17.7 Å². The number of hydrogen-bond acceptors (Lipinski definition) is 3. The van der Waals surface area contributed by atoms with Crippen LogP contribution in [0.1, 0.15) is 25.7 Å². The molecule has 1 aromatic heterocycles. The second kappa shape index (κ2) is 6.01. The van der Waals surface area contributed by atoms with E-state index in [9.17, 15) is 4.79 Å². The van der Waals surface area contributed by atoms with Crippen LogP contribution in [0.25, 0.3) is 10.8 Å². The van der Waals surface area contributed by atoms with Crippen molar-refractivity contribution in [1.82, 2.24) is 9.88 Å². The molecule has 4 heteroatoms. The number of carbonyl (C=O) groups is 1. The number of piperazine rings is 1. The summed E-state index contributed by atoms with van der Waals surface area (Å²) in [6.07, 6.45) is 8.92. The molecule has 2 aliphatic carbocycles. The topological polar surface area (TPSA) is 36.4 Å². The average Bonchev–Trinajstić information content (AvgIpc) is 3.47. The molecule has 4 nitrogen and oxygen atoms in total. The van der Waals surface area contributed by atoms with Gasteiger partial charge in [-0.05, 0) is 24.7 Å². The zero-order valence-electron chi connectivity index (χ0n) is 14.6. The van der Waals surface area contributed by atoms with Gasteiger partial charge in [0.05, 0.1) is 11.9 Å². The molecule has 3 aliphatic rings. The number of anilines is 1. The van der Waals surface area contributed by atoms with Crippen molar-refractivity contribution >= 4 is 22.4 Å². The van der Waals surface area contributed by atoms with E-state index in [-0.39, 0.29) is 0 Å². The van der Waals surface area contributed by atoms with Crippen molar-refractivity contribution in [2.45, 2.75) is 25.7 Å². The Bertz CT molecular complexity index is 791. The molecule has 5 rings (SSSR count). The molecule has 2 heterocycles. The van der Waals surface area contributed by atoms with Gasteiger partial charge in [0.25, 0.3) is 0 Å². The fourth-order valence-electron chi connectivity index (χ4n) is 4.97. The lowest BCUT2D eigenvalue weighted by Crippen LogP contribution is -2.51. The van der Waals surface area contributed by atoms with Crippen LogP contribution in [-0.4, -0.2) is 42.0 Å². The maximum atomic E-state index is 12.9. The average molecular weight is 335 g/mol. The first-order valence-electron chi connectivity index (χ1n) is 9.68. The maximum absolute atomic E-state index is 12.9. The van der Waals surface area contributed by atoms with Gasteiger partial charge >= 0.3 is 0 Å². The van der Waals surface area contributed by atoms with Crippen LogP contribution in [0.15, 0.2) is 36.7 Å². The molecule has 3 unspecified atom stereocenters. The molecule has 3 fully saturated rings. The van der Waals surface area contributed by atoms with Gasteiger partial charge in [-0.2, -0.15) is 0 Å². The summed E-state index contributed by atoms with van der Waals surface area (Å²) in [5.41, 5.74) is 1.20. The number of benzene rings is 1. The van der Waals surface area contributed by atoms with Crippen LogP contribution >= 0.6 is 0 Å². The Balaban J connectivity index is 1.29. The van der Waals surface area contributed by atoms with Crippen LogP contribution in [0.5, 0.6) is 0 Å². The fourth-order valence-corrected chi connectivity index (χ4v) is 4.97. The van der Waals surface area contributed by atoms with Crippen molar-refractivity contribution < 1.29 is 4.79 Å². The van der Waals surface area contributed by atoms with Gasteiger partial charge in [0.2, 0.25) is 5.91 Å². The summed E-state index contributed by atoms with van der Waals surface area (Å²) in [5.74, 6) is 2.33. The van der Waals surface area contributed by atoms with E-state index in [0.717, 1.165) is 38.5 Å². The van der Waals surface area contributed by atoms with Crippen molar-refractivity contribution in [3.05, 3.63) is 36.7 Å². The minimum Gasteiger partial charge on any atom is -0.366 e. The van der Waals surface area contributed by atoms with Crippen molar-refractivity contribution in [2.24, 2.45) is 17.8 Å². The van der Waals surface area contributed by atoms with Gasteiger partial charge in [0.15, 0.2) is 0 Å². The van der Waals surface area contributed by atoms with Crippen molar-refractivity contribution in [3.63, 3.8) is 0 Å². The third kappa shape index (κ3) is 2.68. The number of rotatable bonds is 2. The highest BCUT2D eigenvalue weighted by Gasteiger charge is 2.49. The van der Waals surface area contributed by atoms with Crippen LogP contribution in [0, 0.1) is 17.8 Å². The summed E-state index contributed by atoms with van der Waals surface area (Å²) in [4.78, 5) is 21.9. The number of hydrogen-bond donors (Lipinski definition) is 0. The number of pyridine rings is 1. The summed E-state index contributed by atoms with van der Waals surface area (Å²) >= 11 is 0. The fraction of sp³-hybridized carbons (Fsp3) is 0.524. The molecule has 3 atom stereocenters. The second-order valence-electron chi connectivity index (χ2n) is 7.89. The lowest BCUT2D eigenvalue weighted by molar-refractivity contribution is -0.137. The molecule has 1 amide bonds. The standard InChI is InChI=1S/C21H25N3O/c25-21(18-7-3-5-15-12-19(15)18)24-10-8-23(9-11-24)20-14-22-13-16-4-1-2-6-17(16)20/h1-2,4,6,13-15,18-19H,3,5,7-12H2. The monoisotopic (exact) mass is 335 g/mol. The van der Waals surface area contributed by atoms with Gasteiger partial charge in [0.1, 0.15) is 0 Å². The maximum Gasteiger partial charge on any atom is 0.226 e. The summed E-state index contributed by atoms with van der Waals surface area (Å²) in [6.45, 7) is 3.50. The SMILES string of the molecule is O=C(C1CCCC2CC21)N1CCN(c2cncc3ccccc23)CC1. The Labute approximate surface area is 148 Å². The Morgan fingerprint density at radius 1 is 1.04 bits per heavy atom. The normalized spacial score (nSPS) is 28.7. The van der Waals surface area contributed by atoms with E-state index in [1.807, 2.05) is 12.4 Å². The minimum atomic E-state index is 0.324. The third-order valence-corrected chi connectivity index (χ3v) is 6.48. The number of nitrogens with zero attached hydrogens (tertiary/aromatic N) is 3. The van der Waals surface area contributed by atoms with Crippen molar-refractivity contribution in [1.29, 1.82) is 0 Å². The van der Waals surface area contributed by atoms with Crippen molar-refractivity contribution in [2.75, 3.05) is 31.1 Å². The molecule has 1 aliphatic heterocycles. The van der Waals surface area contributed by atoms with Crippen LogP contribution in [-0.2, 0) is 4.79 Å². The Morgan fingerprint density at radius 3 is 2.76 bits per heavy atom. The molecule has 1 saturated heterocycles. The molecule has 2 aromatic rings. The molecular formula is C21H25N3O. The predicted octanol–water partition coefficient (Wildman–Crippen LogP) is 3.32.